The van der Waals surface area contributed by atoms with Crippen molar-refractivity contribution < 1.29 is 13.6 Å². The summed E-state index contributed by atoms with van der Waals surface area (Å²) in [6, 6.07) is 18.5. The number of hydrogen-bond donors (Lipinski definition) is 1. The maximum absolute atomic E-state index is 14.8. The summed E-state index contributed by atoms with van der Waals surface area (Å²) in [5.41, 5.74) is 3.15. The lowest BCUT2D eigenvalue weighted by atomic mass is 9.98. The molecule has 2 aromatic rings. The molecule has 180 valence electrons. The van der Waals surface area contributed by atoms with E-state index in [4.69, 9.17) is 9.05 Å². The number of rotatable bonds is 9. The Morgan fingerprint density at radius 1 is 0.727 bits per heavy atom. The molecule has 0 aliphatic heterocycles. The minimum absolute atomic E-state index is 0.00295. The Kier molecular flexibility index (Phi) is 8.68. The van der Waals surface area contributed by atoms with Crippen LogP contribution in [0.5, 0.6) is 0 Å². The zero-order valence-corrected chi connectivity index (χ0v) is 21.1. The van der Waals surface area contributed by atoms with E-state index in [1.54, 1.807) is 0 Å². The molecule has 0 radical (unpaired) electrons. The van der Waals surface area contributed by atoms with Crippen LogP contribution in [0.4, 0.5) is 5.69 Å². The van der Waals surface area contributed by atoms with Crippen molar-refractivity contribution in [2.24, 2.45) is 0 Å². The van der Waals surface area contributed by atoms with Crippen LogP contribution in [0, 0.1) is 0 Å². The first-order valence-corrected chi connectivity index (χ1v) is 14.5. The molecule has 4 nitrogen and oxygen atoms in total. The van der Waals surface area contributed by atoms with E-state index in [9.17, 15) is 4.57 Å². The minimum Gasteiger partial charge on any atom is -0.368 e. The number of para-hydroxylation sites is 1. The zero-order chi connectivity index (χ0) is 23.1. The first-order chi connectivity index (χ1) is 16.0. The summed E-state index contributed by atoms with van der Waals surface area (Å²) in [7, 11) is -3.50. The van der Waals surface area contributed by atoms with Gasteiger partial charge in [-0.1, -0.05) is 94.8 Å². The molecule has 5 heteroatoms. The maximum Gasteiger partial charge on any atom is 0.357 e. The van der Waals surface area contributed by atoms with E-state index < -0.39 is 13.4 Å². The van der Waals surface area contributed by atoms with Crippen LogP contribution in [0.2, 0.25) is 0 Å². The molecule has 0 aromatic heterocycles. The second-order valence-corrected chi connectivity index (χ2v) is 12.0. The van der Waals surface area contributed by atoms with Gasteiger partial charge in [0, 0.05) is 5.69 Å². The Labute approximate surface area is 200 Å². The first-order valence-electron chi connectivity index (χ1n) is 12.9. The summed E-state index contributed by atoms with van der Waals surface area (Å²) in [6.45, 7) is 4.38. The Balaban J connectivity index is 1.68. The molecule has 4 rings (SSSR count). The number of nitrogens with one attached hydrogen (secondary N) is 1. The second-order valence-electron chi connectivity index (χ2n) is 10.0. The average molecular weight is 470 g/mol. The molecule has 0 saturated heterocycles. The fraction of sp³-hybridized carbons (Fsp3) is 0.571. The van der Waals surface area contributed by atoms with E-state index in [1.165, 1.54) is 18.4 Å². The third-order valence-corrected chi connectivity index (χ3v) is 9.25. The molecule has 1 N–H and O–H groups in total. The van der Waals surface area contributed by atoms with Gasteiger partial charge in [-0.25, -0.2) is 0 Å². The van der Waals surface area contributed by atoms with Crippen molar-refractivity contribution >= 4 is 13.3 Å². The van der Waals surface area contributed by atoms with Crippen molar-refractivity contribution in [1.29, 1.82) is 0 Å². The van der Waals surface area contributed by atoms with Gasteiger partial charge < -0.3 is 14.4 Å². The molecule has 2 aliphatic carbocycles. The van der Waals surface area contributed by atoms with Crippen molar-refractivity contribution in [2.75, 3.05) is 5.32 Å². The molecule has 33 heavy (non-hydrogen) atoms. The zero-order valence-electron chi connectivity index (χ0n) is 20.2. The fourth-order valence-electron chi connectivity index (χ4n) is 5.00. The van der Waals surface area contributed by atoms with Crippen molar-refractivity contribution in [3.8, 4) is 0 Å². The lowest BCUT2D eigenvalue weighted by Crippen LogP contribution is -2.25. The smallest absolute Gasteiger partial charge is 0.357 e. The van der Waals surface area contributed by atoms with E-state index in [-0.39, 0.29) is 12.2 Å². The molecule has 2 aromatic carbocycles. The van der Waals surface area contributed by atoms with Crippen LogP contribution in [0.25, 0.3) is 0 Å². The standard InChI is InChI=1S/C28H40NO3P/c1-22(2)23-18-20-24(21-19-23)28(29-25-12-6-3-7-13-25)33(30,31-26-14-8-4-9-15-26)32-27-16-10-5-11-17-27/h3,6-7,12-13,18-22,26-29H,4-5,8-11,14-17H2,1-2H3/t28-/m1/s1. The maximum atomic E-state index is 14.8. The highest BCUT2D eigenvalue weighted by Gasteiger charge is 2.42. The molecule has 0 bridgehead atoms. The van der Waals surface area contributed by atoms with Gasteiger partial charge in [0.15, 0.2) is 5.78 Å². The summed E-state index contributed by atoms with van der Waals surface area (Å²) >= 11 is 0. The van der Waals surface area contributed by atoms with Crippen molar-refractivity contribution in [2.45, 2.75) is 102 Å². The van der Waals surface area contributed by atoms with Crippen LogP contribution >= 0.6 is 7.60 Å². The van der Waals surface area contributed by atoms with Crippen molar-refractivity contribution in [1.82, 2.24) is 0 Å². The van der Waals surface area contributed by atoms with Gasteiger partial charge >= 0.3 is 7.60 Å². The summed E-state index contributed by atoms with van der Waals surface area (Å²) < 4.78 is 27.8. The fourth-order valence-corrected chi connectivity index (χ4v) is 7.39. The molecule has 0 amide bonds. The Morgan fingerprint density at radius 3 is 1.70 bits per heavy atom. The van der Waals surface area contributed by atoms with Crippen molar-refractivity contribution in [3.63, 3.8) is 0 Å². The quantitative estimate of drug-likeness (QED) is 0.373. The number of hydrogen-bond acceptors (Lipinski definition) is 4. The van der Waals surface area contributed by atoms with E-state index >= 15 is 0 Å². The third-order valence-electron chi connectivity index (χ3n) is 7.01. The highest BCUT2D eigenvalue weighted by Crippen LogP contribution is 2.64. The van der Waals surface area contributed by atoms with E-state index in [1.807, 2.05) is 30.3 Å². The van der Waals surface area contributed by atoms with E-state index in [0.29, 0.717) is 5.92 Å². The molecule has 2 aliphatic rings. The van der Waals surface area contributed by atoms with Gasteiger partial charge in [0.05, 0.1) is 12.2 Å². The summed E-state index contributed by atoms with van der Waals surface area (Å²) in [5, 5.41) is 3.55. The Bertz CT molecular complexity index is 863. The number of benzene rings is 2. The molecule has 0 heterocycles. The summed E-state index contributed by atoms with van der Waals surface area (Å²) in [4.78, 5) is 0. The largest absolute Gasteiger partial charge is 0.368 e. The minimum atomic E-state index is -3.50. The molecule has 1 atom stereocenters. The van der Waals surface area contributed by atoms with Gasteiger partial charge in [0.1, 0.15) is 0 Å². The second kappa shape index (κ2) is 11.7. The number of anilines is 1. The van der Waals surface area contributed by atoms with Gasteiger partial charge in [-0.05, 0) is 54.9 Å². The lowest BCUT2D eigenvalue weighted by molar-refractivity contribution is 0.0758. The van der Waals surface area contributed by atoms with Crippen LogP contribution < -0.4 is 5.32 Å². The topological polar surface area (TPSA) is 47.6 Å². The van der Waals surface area contributed by atoms with Gasteiger partial charge in [-0.15, -0.1) is 0 Å². The molecule has 2 fully saturated rings. The van der Waals surface area contributed by atoms with Crippen LogP contribution in [0.1, 0.15) is 101 Å². The monoisotopic (exact) mass is 469 g/mol. The highest BCUT2D eigenvalue weighted by molar-refractivity contribution is 7.54. The van der Waals surface area contributed by atoms with Crippen LogP contribution in [-0.2, 0) is 13.6 Å². The molecular formula is C28H40NO3P. The van der Waals surface area contributed by atoms with E-state index in [2.05, 4.69) is 43.4 Å². The normalized spacial score (nSPS) is 19.5. The SMILES string of the molecule is CC(C)c1ccc([C@H](Nc2ccccc2)P(=O)(OC2CCCCC2)OC2CCCCC2)cc1. The lowest BCUT2D eigenvalue weighted by Gasteiger charge is -2.36. The summed E-state index contributed by atoms with van der Waals surface area (Å²) in [6.07, 6.45) is 10.8. The summed E-state index contributed by atoms with van der Waals surface area (Å²) in [5.74, 6) is -0.0895. The van der Waals surface area contributed by atoms with Crippen LogP contribution in [0.15, 0.2) is 54.6 Å². The molecule has 0 spiro atoms. The Morgan fingerprint density at radius 2 is 1.21 bits per heavy atom. The average Bonchev–Trinajstić information content (AvgIpc) is 2.84. The third kappa shape index (κ3) is 6.72. The highest BCUT2D eigenvalue weighted by atomic mass is 31.2. The first kappa shape index (κ1) is 24.5. The molecular weight excluding hydrogens is 429 g/mol. The Hall–Kier alpha value is -1.61. The van der Waals surface area contributed by atoms with Crippen LogP contribution in [0.3, 0.4) is 0 Å². The van der Waals surface area contributed by atoms with E-state index in [0.717, 1.165) is 62.6 Å². The van der Waals surface area contributed by atoms with Crippen molar-refractivity contribution in [3.05, 3.63) is 65.7 Å². The van der Waals surface area contributed by atoms with Crippen LogP contribution in [-0.4, -0.2) is 12.2 Å². The molecule has 2 saturated carbocycles. The van der Waals surface area contributed by atoms with Gasteiger partial charge in [0.25, 0.3) is 0 Å². The van der Waals surface area contributed by atoms with Gasteiger partial charge in [-0.3, -0.25) is 4.57 Å². The predicted octanol–water partition coefficient (Wildman–Crippen LogP) is 8.81. The van der Waals surface area contributed by atoms with Gasteiger partial charge in [0.2, 0.25) is 0 Å². The van der Waals surface area contributed by atoms with Gasteiger partial charge in [-0.2, -0.15) is 0 Å². The predicted molar refractivity (Wildman–Crippen MR) is 137 cm³/mol. The molecule has 0 unspecified atom stereocenters.